The molecule has 1 fully saturated rings. The van der Waals surface area contributed by atoms with Crippen LogP contribution in [0.4, 0.5) is 0 Å². The molecular weight excluding hydrogens is 501 g/mol. The van der Waals surface area contributed by atoms with Crippen LogP contribution in [-0.2, 0) is 13.1 Å². The smallest absolute Gasteiger partial charge is 0.191 e. The first-order chi connectivity index (χ1) is 14.6. The molecule has 0 bridgehead atoms. The van der Waals surface area contributed by atoms with Gasteiger partial charge in [0.25, 0.3) is 0 Å². The van der Waals surface area contributed by atoms with Gasteiger partial charge in [-0.3, -0.25) is 14.8 Å². The number of likely N-dealkylation sites (tertiary alicyclic amines) is 1. The van der Waals surface area contributed by atoms with Crippen LogP contribution < -0.4 is 10.6 Å². The number of aliphatic imine (C=N–C) groups is 1. The maximum atomic E-state index is 5.73. The van der Waals surface area contributed by atoms with Gasteiger partial charge in [-0.2, -0.15) is 0 Å². The number of guanidine groups is 1. The molecule has 0 radical (unpaired) electrons. The van der Waals surface area contributed by atoms with Gasteiger partial charge in [0.05, 0.1) is 12.3 Å². The van der Waals surface area contributed by atoms with E-state index in [1.54, 1.807) is 6.26 Å². The van der Waals surface area contributed by atoms with E-state index < -0.39 is 0 Å². The number of furan rings is 1. The second-order valence-electron chi connectivity index (χ2n) is 8.36. The molecule has 1 atom stereocenters. The average molecular weight is 540 g/mol. The van der Waals surface area contributed by atoms with Crippen molar-refractivity contribution in [1.82, 2.24) is 20.4 Å². The quantitative estimate of drug-likeness (QED) is 0.284. The summed E-state index contributed by atoms with van der Waals surface area (Å²) in [5, 5.41) is 7.00. The molecule has 0 saturated carbocycles. The summed E-state index contributed by atoms with van der Waals surface area (Å²) in [6.07, 6.45) is 4.27. The minimum atomic E-state index is 0. The summed E-state index contributed by atoms with van der Waals surface area (Å²) in [5.41, 5.74) is 2.65. The van der Waals surface area contributed by atoms with Gasteiger partial charge >= 0.3 is 0 Å². The van der Waals surface area contributed by atoms with E-state index in [0.29, 0.717) is 6.04 Å². The Morgan fingerprint density at radius 3 is 2.42 bits per heavy atom. The Kier molecular flexibility index (Phi) is 10.8. The van der Waals surface area contributed by atoms with Crippen LogP contribution in [0.3, 0.4) is 0 Å². The lowest BCUT2D eigenvalue weighted by molar-refractivity contribution is 0.215. The van der Waals surface area contributed by atoms with Crippen molar-refractivity contribution in [1.29, 1.82) is 0 Å². The van der Waals surface area contributed by atoms with Gasteiger partial charge < -0.3 is 15.1 Å². The van der Waals surface area contributed by atoms with E-state index in [4.69, 9.17) is 4.42 Å². The first kappa shape index (κ1) is 25.7. The van der Waals surface area contributed by atoms with Crippen molar-refractivity contribution in [2.24, 2.45) is 4.99 Å². The normalized spacial score (nSPS) is 15.9. The zero-order chi connectivity index (χ0) is 21.3. The highest BCUT2D eigenvalue weighted by atomic mass is 127. The van der Waals surface area contributed by atoms with Crippen molar-refractivity contribution in [3.63, 3.8) is 0 Å². The summed E-state index contributed by atoms with van der Waals surface area (Å²) < 4.78 is 5.73. The van der Waals surface area contributed by atoms with Crippen LogP contribution in [0.25, 0.3) is 0 Å². The summed E-state index contributed by atoms with van der Waals surface area (Å²) in [5.74, 6) is 1.83. The maximum Gasteiger partial charge on any atom is 0.191 e. The fourth-order valence-corrected chi connectivity index (χ4v) is 3.87. The first-order valence-electron chi connectivity index (χ1n) is 11.1. The molecule has 2 heterocycles. The highest BCUT2D eigenvalue weighted by Gasteiger charge is 2.25. The van der Waals surface area contributed by atoms with Crippen LogP contribution in [0.5, 0.6) is 0 Å². The number of nitrogens with one attached hydrogen (secondary N) is 2. The third-order valence-corrected chi connectivity index (χ3v) is 6.01. The summed E-state index contributed by atoms with van der Waals surface area (Å²) in [6, 6.07) is 13.4. The molecule has 2 aromatic rings. The summed E-state index contributed by atoms with van der Waals surface area (Å²) >= 11 is 0. The molecule has 0 amide bonds. The molecule has 1 aromatic carbocycles. The summed E-state index contributed by atoms with van der Waals surface area (Å²) in [6.45, 7) is 9.15. The Morgan fingerprint density at radius 1 is 1.10 bits per heavy atom. The molecular formula is C24H38IN5O. The van der Waals surface area contributed by atoms with E-state index >= 15 is 0 Å². The minimum absolute atomic E-state index is 0. The fourth-order valence-electron chi connectivity index (χ4n) is 3.87. The third kappa shape index (κ3) is 7.50. The fraction of sp³-hybridized carbons (Fsp3) is 0.542. The van der Waals surface area contributed by atoms with Gasteiger partial charge in [-0.15, -0.1) is 24.0 Å². The molecule has 2 N–H and O–H groups in total. The molecule has 1 unspecified atom stereocenters. The van der Waals surface area contributed by atoms with Crippen molar-refractivity contribution in [2.45, 2.75) is 51.9 Å². The molecule has 0 aliphatic carbocycles. The monoisotopic (exact) mass is 539 g/mol. The number of rotatable bonds is 9. The number of halogens is 1. The van der Waals surface area contributed by atoms with E-state index in [2.05, 4.69) is 76.7 Å². The Balaban J connectivity index is 0.00000341. The van der Waals surface area contributed by atoms with Crippen LogP contribution in [0.15, 0.2) is 52.1 Å². The lowest BCUT2D eigenvalue weighted by Gasteiger charge is -2.27. The standard InChI is InChI=1S/C24H37N5O.HI/c1-19(2)28(4)18-21-11-6-5-10-20(21)16-26-24(25-3)27-17-22(23-12-9-15-30-23)29-13-7-8-14-29;/h5-6,9-12,15,19,22H,7-8,13-14,16-18H2,1-4H3,(H2,25,26,27);1H. The Bertz CT molecular complexity index is 787. The Labute approximate surface area is 204 Å². The zero-order valence-electron chi connectivity index (χ0n) is 19.3. The van der Waals surface area contributed by atoms with Crippen LogP contribution in [-0.4, -0.2) is 55.5 Å². The molecule has 0 spiro atoms. The maximum absolute atomic E-state index is 5.73. The number of hydrogen-bond acceptors (Lipinski definition) is 4. The molecule has 3 rings (SSSR count). The van der Waals surface area contributed by atoms with Gasteiger partial charge in [0.1, 0.15) is 5.76 Å². The molecule has 1 aromatic heterocycles. The van der Waals surface area contributed by atoms with Crippen molar-refractivity contribution < 1.29 is 4.42 Å². The van der Waals surface area contributed by atoms with E-state index in [1.807, 2.05) is 13.1 Å². The number of nitrogens with zero attached hydrogens (tertiary/aromatic N) is 3. The molecule has 1 aliphatic rings. The predicted octanol–water partition coefficient (Wildman–Crippen LogP) is 4.24. The Hall–Kier alpha value is -1.58. The van der Waals surface area contributed by atoms with Crippen LogP contribution >= 0.6 is 24.0 Å². The van der Waals surface area contributed by atoms with Crippen LogP contribution in [0.2, 0.25) is 0 Å². The molecule has 1 aliphatic heterocycles. The third-order valence-electron chi connectivity index (χ3n) is 6.01. The van der Waals surface area contributed by atoms with Crippen molar-refractivity contribution in [3.05, 3.63) is 59.5 Å². The number of hydrogen-bond donors (Lipinski definition) is 2. The predicted molar refractivity (Wildman–Crippen MR) is 139 cm³/mol. The van der Waals surface area contributed by atoms with E-state index in [-0.39, 0.29) is 30.0 Å². The lowest BCUT2D eigenvalue weighted by atomic mass is 10.1. The Morgan fingerprint density at radius 2 is 1.81 bits per heavy atom. The second kappa shape index (κ2) is 13.1. The molecule has 31 heavy (non-hydrogen) atoms. The highest BCUT2D eigenvalue weighted by Crippen LogP contribution is 2.24. The van der Waals surface area contributed by atoms with Crippen molar-refractivity contribution in [3.8, 4) is 0 Å². The van der Waals surface area contributed by atoms with Gasteiger partial charge in [-0.05, 0) is 70.1 Å². The summed E-state index contributed by atoms with van der Waals surface area (Å²) in [4.78, 5) is 9.29. The molecule has 172 valence electrons. The largest absolute Gasteiger partial charge is 0.468 e. The van der Waals surface area contributed by atoms with Gasteiger partial charge in [0.15, 0.2) is 5.96 Å². The second-order valence-corrected chi connectivity index (χ2v) is 8.36. The minimum Gasteiger partial charge on any atom is -0.468 e. The van der Waals surface area contributed by atoms with Gasteiger partial charge in [0, 0.05) is 32.7 Å². The first-order valence-corrected chi connectivity index (χ1v) is 11.1. The van der Waals surface area contributed by atoms with Crippen LogP contribution in [0, 0.1) is 0 Å². The zero-order valence-corrected chi connectivity index (χ0v) is 21.6. The summed E-state index contributed by atoms with van der Waals surface area (Å²) in [7, 11) is 3.99. The van der Waals surface area contributed by atoms with E-state index in [0.717, 1.165) is 44.4 Å². The SMILES string of the molecule is CN=C(NCc1ccccc1CN(C)C(C)C)NCC(c1ccco1)N1CCCC1.I. The highest BCUT2D eigenvalue weighted by molar-refractivity contribution is 14.0. The van der Waals surface area contributed by atoms with E-state index in [9.17, 15) is 0 Å². The molecule has 1 saturated heterocycles. The van der Waals surface area contributed by atoms with Gasteiger partial charge in [0.2, 0.25) is 0 Å². The van der Waals surface area contributed by atoms with Gasteiger partial charge in [-0.25, -0.2) is 0 Å². The molecule has 7 heteroatoms. The van der Waals surface area contributed by atoms with Crippen LogP contribution in [0.1, 0.15) is 49.6 Å². The topological polar surface area (TPSA) is 56.0 Å². The van der Waals surface area contributed by atoms with Crippen molar-refractivity contribution >= 4 is 29.9 Å². The lowest BCUT2D eigenvalue weighted by Crippen LogP contribution is -2.42. The number of benzene rings is 1. The van der Waals surface area contributed by atoms with Gasteiger partial charge in [-0.1, -0.05) is 24.3 Å². The van der Waals surface area contributed by atoms with E-state index in [1.165, 1.54) is 24.0 Å². The molecule has 6 nitrogen and oxygen atoms in total. The van der Waals surface area contributed by atoms with Crippen molar-refractivity contribution in [2.75, 3.05) is 33.7 Å². The average Bonchev–Trinajstić information content (AvgIpc) is 3.46.